The molecule has 0 aliphatic heterocycles. The summed E-state index contributed by atoms with van der Waals surface area (Å²) in [6.45, 7) is 0. The minimum absolute atomic E-state index is 0.0837. The van der Waals surface area contributed by atoms with Gasteiger partial charge < -0.3 is 9.88 Å². The van der Waals surface area contributed by atoms with Crippen LogP contribution in [0.25, 0.3) is 0 Å². The van der Waals surface area contributed by atoms with Crippen LogP contribution in [-0.2, 0) is 0 Å². The first-order valence-corrected chi connectivity index (χ1v) is 5.59. The number of rotatable bonds is 2. The number of amides is 1. The van der Waals surface area contributed by atoms with Gasteiger partial charge in [-0.05, 0) is 41.3 Å². The first-order chi connectivity index (χ1) is 6.68. The third-order valence-corrected chi connectivity index (χ3v) is 3.28. The minimum Gasteiger partial charge on any atom is -0.356 e. The van der Waals surface area contributed by atoms with Crippen LogP contribution in [0.5, 0.6) is 0 Å². The fourth-order valence-corrected chi connectivity index (χ4v) is 1.96. The van der Waals surface area contributed by atoms with Crippen LogP contribution in [0, 0.1) is 0 Å². The molecule has 0 saturated heterocycles. The second-order valence-electron chi connectivity index (χ2n) is 3.73. The third-order valence-electron chi connectivity index (χ3n) is 2.82. The highest BCUT2D eigenvalue weighted by Gasteiger charge is 2.26. The topological polar surface area (TPSA) is 36.1 Å². The Labute approximate surface area is 91.6 Å². The van der Waals surface area contributed by atoms with E-state index in [0.717, 1.165) is 17.3 Å². The normalized spacial score (nSPS) is 16.4. The summed E-state index contributed by atoms with van der Waals surface area (Å²) in [7, 11) is 1.88. The highest BCUT2D eigenvalue weighted by molar-refractivity contribution is 9.10. The summed E-state index contributed by atoms with van der Waals surface area (Å²) in [6.07, 6.45) is 5.31. The van der Waals surface area contributed by atoms with Crippen LogP contribution < -0.4 is 0 Å². The summed E-state index contributed by atoms with van der Waals surface area (Å²) in [4.78, 5) is 16.7. The molecule has 0 unspecified atom stereocenters. The van der Waals surface area contributed by atoms with Gasteiger partial charge in [0.1, 0.15) is 5.69 Å². The van der Waals surface area contributed by atoms with E-state index in [2.05, 4.69) is 20.9 Å². The zero-order valence-electron chi connectivity index (χ0n) is 8.09. The number of nitrogens with zero attached hydrogens (tertiary/aromatic N) is 1. The Kier molecular flexibility index (Phi) is 2.63. The van der Waals surface area contributed by atoms with Gasteiger partial charge >= 0.3 is 0 Å². The van der Waals surface area contributed by atoms with E-state index in [1.165, 1.54) is 6.42 Å². The summed E-state index contributed by atoms with van der Waals surface area (Å²) in [5, 5.41) is 0. The molecule has 1 aromatic heterocycles. The number of hydrogen-bond acceptors (Lipinski definition) is 1. The van der Waals surface area contributed by atoms with Crippen molar-refractivity contribution < 1.29 is 4.79 Å². The maximum absolute atomic E-state index is 11.9. The van der Waals surface area contributed by atoms with E-state index < -0.39 is 0 Å². The van der Waals surface area contributed by atoms with Crippen molar-refractivity contribution >= 4 is 21.8 Å². The molecule has 0 atom stereocenters. The van der Waals surface area contributed by atoms with Gasteiger partial charge in [0.05, 0.1) is 0 Å². The van der Waals surface area contributed by atoms with E-state index in [0.29, 0.717) is 11.7 Å². The quantitative estimate of drug-likeness (QED) is 0.867. The molecule has 1 N–H and O–H groups in total. The van der Waals surface area contributed by atoms with Crippen LogP contribution in [-0.4, -0.2) is 28.9 Å². The fraction of sp³-hybridized carbons (Fsp3) is 0.500. The number of carbonyl (C=O) groups excluding carboxylic acids is 1. The standard InChI is InChI=1S/C10H13BrN2O/c1-13(8-3-2-4-8)10(14)9-5-7(11)6-12-9/h5-6,8,12H,2-4H2,1H3. The number of carbonyl (C=O) groups is 1. The van der Waals surface area contributed by atoms with Gasteiger partial charge in [-0.25, -0.2) is 0 Å². The van der Waals surface area contributed by atoms with Crippen LogP contribution in [0.1, 0.15) is 29.8 Å². The molecule has 0 aromatic carbocycles. The predicted octanol–water partition coefficient (Wildman–Crippen LogP) is 2.40. The van der Waals surface area contributed by atoms with Gasteiger partial charge in [-0.3, -0.25) is 4.79 Å². The molecule has 1 aliphatic rings. The molecule has 1 aliphatic carbocycles. The summed E-state index contributed by atoms with van der Waals surface area (Å²) >= 11 is 3.32. The maximum Gasteiger partial charge on any atom is 0.270 e. The molecule has 0 radical (unpaired) electrons. The summed E-state index contributed by atoms with van der Waals surface area (Å²) < 4.78 is 0.919. The second kappa shape index (κ2) is 3.77. The number of H-pyrrole nitrogens is 1. The predicted molar refractivity (Wildman–Crippen MR) is 58.2 cm³/mol. The van der Waals surface area contributed by atoms with E-state index in [1.54, 1.807) is 6.20 Å². The number of nitrogens with one attached hydrogen (secondary N) is 1. The van der Waals surface area contributed by atoms with Crippen LogP contribution in [0.3, 0.4) is 0 Å². The van der Waals surface area contributed by atoms with Crippen molar-refractivity contribution in [3.8, 4) is 0 Å². The Morgan fingerprint density at radius 2 is 2.36 bits per heavy atom. The molecule has 1 heterocycles. The molecule has 1 aromatic rings. The summed E-state index contributed by atoms with van der Waals surface area (Å²) in [5.41, 5.74) is 0.659. The van der Waals surface area contributed by atoms with Crippen LogP contribution in [0.15, 0.2) is 16.7 Å². The molecule has 1 saturated carbocycles. The van der Waals surface area contributed by atoms with Crippen molar-refractivity contribution in [2.24, 2.45) is 0 Å². The van der Waals surface area contributed by atoms with Gasteiger partial charge in [-0.1, -0.05) is 0 Å². The monoisotopic (exact) mass is 256 g/mol. The van der Waals surface area contributed by atoms with Crippen molar-refractivity contribution in [3.63, 3.8) is 0 Å². The lowest BCUT2D eigenvalue weighted by atomic mass is 9.92. The first kappa shape index (κ1) is 9.77. The number of halogens is 1. The highest BCUT2D eigenvalue weighted by atomic mass is 79.9. The minimum atomic E-state index is 0.0837. The van der Waals surface area contributed by atoms with Gasteiger partial charge in [0.2, 0.25) is 0 Å². The molecule has 4 heteroatoms. The average molecular weight is 257 g/mol. The maximum atomic E-state index is 11.9. The average Bonchev–Trinajstić information content (AvgIpc) is 2.47. The van der Waals surface area contributed by atoms with Crippen LogP contribution >= 0.6 is 15.9 Å². The summed E-state index contributed by atoms with van der Waals surface area (Å²) in [5.74, 6) is 0.0837. The molecule has 0 bridgehead atoms. The van der Waals surface area contributed by atoms with Crippen molar-refractivity contribution in [1.29, 1.82) is 0 Å². The molecule has 3 nitrogen and oxygen atoms in total. The van der Waals surface area contributed by atoms with Gasteiger partial charge in [-0.15, -0.1) is 0 Å². The van der Waals surface area contributed by atoms with E-state index in [4.69, 9.17) is 0 Å². The first-order valence-electron chi connectivity index (χ1n) is 4.79. The molecular formula is C10H13BrN2O. The second-order valence-corrected chi connectivity index (χ2v) is 4.65. The molecule has 14 heavy (non-hydrogen) atoms. The lowest BCUT2D eigenvalue weighted by molar-refractivity contribution is 0.0647. The number of hydrogen-bond donors (Lipinski definition) is 1. The number of aromatic amines is 1. The molecule has 1 amide bonds. The largest absolute Gasteiger partial charge is 0.356 e. The highest BCUT2D eigenvalue weighted by Crippen LogP contribution is 2.25. The van der Waals surface area contributed by atoms with Gasteiger partial charge in [0.15, 0.2) is 0 Å². The third kappa shape index (κ3) is 1.71. The van der Waals surface area contributed by atoms with Crippen molar-refractivity contribution in [2.75, 3.05) is 7.05 Å². The Morgan fingerprint density at radius 1 is 1.64 bits per heavy atom. The number of aromatic nitrogens is 1. The Balaban J connectivity index is 2.07. The van der Waals surface area contributed by atoms with Gasteiger partial charge in [0.25, 0.3) is 5.91 Å². The smallest absolute Gasteiger partial charge is 0.270 e. The van der Waals surface area contributed by atoms with E-state index in [9.17, 15) is 4.79 Å². The Morgan fingerprint density at radius 3 is 2.79 bits per heavy atom. The zero-order chi connectivity index (χ0) is 10.1. The van der Waals surface area contributed by atoms with Crippen LogP contribution in [0.4, 0.5) is 0 Å². The van der Waals surface area contributed by atoms with Crippen molar-refractivity contribution in [2.45, 2.75) is 25.3 Å². The van der Waals surface area contributed by atoms with E-state index >= 15 is 0 Å². The lowest BCUT2D eigenvalue weighted by Crippen LogP contribution is -2.41. The fourth-order valence-electron chi connectivity index (χ4n) is 1.62. The summed E-state index contributed by atoms with van der Waals surface area (Å²) in [6, 6.07) is 2.27. The molecule has 1 fully saturated rings. The van der Waals surface area contributed by atoms with E-state index in [1.807, 2.05) is 18.0 Å². The van der Waals surface area contributed by atoms with Crippen molar-refractivity contribution in [3.05, 3.63) is 22.4 Å². The molecule has 0 spiro atoms. The van der Waals surface area contributed by atoms with Crippen molar-refractivity contribution in [1.82, 2.24) is 9.88 Å². The van der Waals surface area contributed by atoms with Gasteiger partial charge in [-0.2, -0.15) is 0 Å². The van der Waals surface area contributed by atoms with E-state index in [-0.39, 0.29) is 5.91 Å². The Hall–Kier alpha value is -0.770. The lowest BCUT2D eigenvalue weighted by Gasteiger charge is -2.34. The molecule has 76 valence electrons. The molecular weight excluding hydrogens is 244 g/mol. The zero-order valence-corrected chi connectivity index (χ0v) is 9.67. The molecule has 2 rings (SSSR count). The SMILES string of the molecule is CN(C(=O)c1cc(Br)c[nH]1)C1CCC1. The van der Waals surface area contributed by atoms with Gasteiger partial charge in [0, 0.05) is 23.8 Å². The Bertz CT molecular complexity index is 344. The van der Waals surface area contributed by atoms with Crippen LogP contribution in [0.2, 0.25) is 0 Å².